The first-order valence-electron chi connectivity index (χ1n) is 4.31. The van der Waals surface area contributed by atoms with Crippen molar-refractivity contribution in [3.63, 3.8) is 0 Å². The van der Waals surface area contributed by atoms with Crippen LogP contribution in [0.25, 0.3) is 10.9 Å². The monoisotopic (exact) mass is 403 g/mol. The summed E-state index contributed by atoms with van der Waals surface area (Å²) in [4.78, 5) is 4.06. The van der Waals surface area contributed by atoms with Gasteiger partial charge in [-0.25, -0.2) is 0 Å². The Morgan fingerprint density at radius 1 is 1.33 bits per heavy atom. The van der Waals surface area contributed by atoms with Gasteiger partial charge in [0.05, 0.1) is 8.59 Å². The molecule has 0 amide bonds. The maximum absolute atomic E-state index is 9.65. The van der Waals surface area contributed by atoms with Crippen molar-refractivity contribution in [2.75, 3.05) is 0 Å². The van der Waals surface area contributed by atoms with E-state index in [-0.39, 0.29) is 5.75 Å². The van der Waals surface area contributed by atoms with Crippen LogP contribution in [0.5, 0.6) is 5.75 Å². The Balaban J connectivity index is 0.000000280. The van der Waals surface area contributed by atoms with Gasteiger partial charge in [-0.2, -0.15) is 8.42 Å². The van der Waals surface area contributed by atoms with Gasteiger partial charge in [-0.05, 0) is 40.8 Å². The molecule has 0 aliphatic rings. The second-order valence-electron chi connectivity index (χ2n) is 3.04. The van der Waals surface area contributed by atoms with E-state index in [0.717, 1.165) is 5.39 Å². The van der Waals surface area contributed by atoms with E-state index < -0.39 is 10.4 Å². The van der Waals surface area contributed by atoms with Crippen LogP contribution in [-0.4, -0.2) is 27.6 Å². The second kappa shape index (κ2) is 5.97. The first-order chi connectivity index (χ1) is 8.20. The lowest BCUT2D eigenvalue weighted by atomic mass is 10.2. The van der Waals surface area contributed by atoms with Crippen LogP contribution in [0.4, 0.5) is 0 Å². The van der Waals surface area contributed by atoms with Crippen molar-refractivity contribution < 1.29 is 22.6 Å². The first kappa shape index (κ1) is 15.4. The van der Waals surface area contributed by atoms with Gasteiger partial charge >= 0.3 is 10.4 Å². The number of benzene rings is 1. The normalized spacial score (nSPS) is 10.9. The molecule has 0 atom stereocenters. The number of phenolic OH excluding ortho intramolecular Hbond substituents is 1. The van der Waals surface area contributed by atoms with Crippen LogP contribution in [0, 0.1) is 3.57 Å². The van der Waals surface area contributed by atoms with Crippen LogP contribution < -0.4 is 0 Å². The molecule has 0 aliphatic carbocycles. The van der Waals surface area contributed by atoms with E-state index in [1.807, 2.05) is 28.7 Å². The number of hydrogen-bond acceptors (Lipinski definition) is 4. The van der Waals surface area contributed by atoms with Crippen LogP contribution in [-0.2, 0) is 10.4 Å². The lowest BCUT2D eigenvalue weighted by Gasteiger charge is -2.03. The van der Waals surface area contributed by atoms with Crippen LogP contribution in [0.15, 0.2) is 24.4 Å². The smallest absolute Gasteiger partial charge is 0.394 e. The molecule has 98 valence electrons. The molecule has 0 unspecified atom stereocenters. The Hall–Kier alpha value is -0.680. The van der Waals surface area contributed by atoms with Gasteiger partial charge in [0.2, 0.25) is 0 Å². The molecule has 18 heavy (non-hydrogen) atoms. The molecule has 1 aromatic heterocycles. The SMILES string of the molecule is O=S(=O)(O)O.Oc1c(I)cc(Cl)c2cccnc12. The number of nitrogens with zero attached hydrogens (tertiary/aromatic N) is 1. The quantitative estimate of drug-likeness (QED) is 0.461. The zero-order valence-corrected chi connectivity index (χ0v) is 12.3. The van der Waals surface area contributed by atoms with Crippen molar-refractivity contribution in [3.05, 3.63) is 33.0 Å². The van der Waals surface area contributed by atoms with Crippen molar-refractivity contribution in [2.45, 2.75) is 0 Å². The summed E-state index contributed by atoms with van der Waals surface area (Å²) in [6.07, 6.45) is 1.63. The van der Waals surface area contributed by atoms with Crippen LogP contribution in [0.1, 0.15) is 0 Å². The molecule has 0 saturated carbocycles. The number of fused-ring (bicyclic) bond motifs is 1. The highest BCUT2D eigenvalue weighted by Gasteiger charge is 2.08. The van der Waals surface area contributed by atoms with Crippen LogP contribution >= 0.6 is 34.2 Å². The van der Waals surface area contributed by atoms with E-state index >= 15 is 0 Å². The van der Waals surface area contributed by atoms with Crippen molar-refractivity contribution in [1.82, 2.24) is 4.98 Å². The predicted octanol–water partition coefficient (Wildman–Crippen LogP) is 2.55. The molecule has 1 heterocycles. The molecule has 0 aliphatic heterocycles. The Bertz CT molecular complexity index is 668. The summed E-state index contributed by atoms with van der Waals surface area (Å²) >= 11 is 8.00. The van der Waals surface area contributed by atoms with Crippen molar-refractivity contribution in [2.24, 2.45) is 0 Å². The summed E-state index contributed by atoms with van der Waals surface area (Å²) in [6, 6.07) is 5.35. The van der Waals surface area contributed by atoms with E-state index in [1.165, 1.54) is 0 Å². The summed E-state index contributed by atoms with van der Waals surface area (Å²) in [6.45, 7) is 0. The number of rotatable bonds is 0. The lowest BCUT2D eigenvalue weighted by molar-refractivity contribution is 0.381. The topological polar surface area (TPSA) is 108 Å². The number of aromatic hydroxyl groups is 1. The molecule has 2 aromatic rings. The highest BCUT2D eigenvalue weighted by atomic mass is 127. The van der Waals surface area contributed by atoms with Gasteiger partial charge in [0, 0.05) is 11.6 Å². The minimum Gasteiger partial charge on any atom is -0.505 e. The van der Waals surface area contributed by atoms with Crippen LogP contribution in [0.3, 0.4) is 0 Å². The summed E-state index contributed by atoms with van der Waals surface area (Å²) in [5.74, 6) is 0.195. The Kier molecular flexibility index (Phi) is 5.10. The van der Waals surface area contributed by atoms with Gasteiger partial charge in [-0.1, -0.05) is 11.6 Å². The minimum atomic E-state index is -4.67. The fourth-order valence-electron chi connectivity index (χ4n) is 1.16. The lowest BCUT2D eigenvalue weighted by Crippen LogP contribution is -1.89. The molecular formula is C9H7ClINO5S. The van der Waals surface area contributed by atoms with Gasteiger partial charge in [-0.15, -0.1) is 0 Å². The van der Waals surface area contributed by atoms with Gasteiger partial charge in [0.1, 0.15) is 5.52 Å². The Morgan fingerprint density at radius 2 is 1.89 bits per heavy atom. The largest absolute Gasteiger partial charge is 0.505 e. The predicted molar refractivity (Wildman–Crippen MR) is 75.3 cm³/mol. The van der Waals surface area contributed by atoms with E-state index in [4.69, 9.17) is 29.1 Å². The molecule has 0 saturated heterocycles. The van der Waals surface area contributed by atoms with Crippen molar-refractivity contribution >= 4 is 55.5 Å². The van der Waals surface area contributed by atoms with Gasteiger partial charge in [-0.3, -0.25) is 14.1 Å². The molecule has 0 bridgehead atoms. The van der Waals surface area contributed by atoms with Gasteiger partial charge in [0.25, 0.3) is 0 Å². The molecular weight excluding hydrogens is 397 g/mol. The number of aromatic nitrogens is 1. The van der Waals surface area contributed by atoms with Gasteiger partial charge in [0.15, 0.2) is 5.75 Å². The Morgan fingerprint density at radius 3 is 2.44 bits per heavy atom. The molecule has 1 aromatic carbocycles. The first-order valence-corrected chi connectivity index (χ1v) is 7.17. The maximum Gasteiger partial charge on any atom is 0.394 e. The highest BCUT2D eigenvalue weighted by molar-refractivity contribution is 14.1. The van der Waals surface area contributed by atoms with E-state index in [2.05, 4.69) is 4.98 Å². The molecule has 0 fully saturated rings. The summed E-state index contributed by atoms with van der Waals surface area (Å²) in [5.41, 5.74) is 0.555. The fraction of sp³-hybridized carbons (Fsp3) is 0. The standard InChI is InChI=1S/C9H5ClINO.H2O4S/c10-6-4-7(11)9(13)8-5(6)2-1-3-12-8;1-5(2,3)4/h1-4,13H;(H2,1,2,3,4). The molecule has 0 spiro atoms. The van der Waals surface area contributed by atoms with E-state index in [0.29, 0.717) is 14.1 Å². The minimum absolute atomic E-state index is 0.195. The average molecular weight is 404 g/mol. The van der Waals surface area contributed by atoms with Crippen LogP contribution in [0.2, 0.25) is 5.02 Å². The van der Waals surface area contributed by atoms with Gasteiger partial charge < -0.3 is 5.11 Å². The van der Waals surface area contributed by atoms with Crippen molar-refractivity contribution in [1.29, 1.82) is 0 Å². The number of phenols is 1. The van der Waals surface area contributed by atoms with Crippen molar-refractivity contribution in [3.8, 4) is 5.75 Å². The number of halogens is 2. The zero-order chi connectivity index (χ0) is 13.9. The van der Waals surface area contributed by atoms with E-state index in [9.17, 15) is 5.11 Å². The zero-order valence-electron chi connectivity index (χ0n) is 8.58. The van der Waals surface area contributed by atoms with E-state index in [1.54, 1.807) is 18.3 Å². The molecule has 6 nitrogen and oxygen atoms in total. The third kappa shape index (κ3) is 4.53. The second-order valence-corrected chi connectivity index (χ2v) is 5.50. The highest BCUT2D eigenvalue weighted by Crippen LogP contribution is 2.33. The molecule has 2 rings (SSSR count). The average Bonchev–Trinajstić information content (AvgIpc) is 2.24. The summed E-state index contributed by atoms with van der Waals surface area (Å²) in [7, 11) is -4.67. The number of hydrogen-bond donors (Lipinski definition) is 3. The third-order valence-corrected chi connectivity index (χ3v) is 2.90. The number of pyridine rings is 1. The maximum atomic E-state index is 9.65. The molecule has 3 N–H and O–H groups in total. The summed E-state index contributed by atoms with van der Waals surface area (Å²) < 4.78 is 32.3. The molecule has 9 heteroatoms. The Labute approximate surface area is 121 Å². The third-order valence-electron chi connectivity index (χ3n) is 1.77. The summed E-state index contributed by atoms with van der Waals surface area (Å²) in [5, 5.41) is 11.0. The fourth-order valence-corrected chi connectivity index (χ4v) is 2.17. The molecule has 0 radical (unpaired) electrons.